The molecule has 3 N–H and O–H groups in total. The van der Waals surface area contributed by atoms with Crippen molar-refractivity contribution >= 4 is 30.7 Å². The smallest absolute Gasteiger partial charge is 0.381 e. The number of ether oxygens (including phenoxy) is 1. The highest BCUT2D eigenvalue weighted by atomic mass is 35.5. The van der Waals surface area contributed by atoms with Gasteiger partial charge >= 0.3 is 6.18 Å². The second-order valence-corrected chi connectivity index (χ2v) is 6.31. The zero-order valence-corrected chi connectivity index (χ0v) is 15.1. The zero-order chi connectivity index (χ0) is 16.2. The Hall–Kier alpha value is -0.280. The highest BCUT2D eigenvalue weighted by Gasteiger charge is 2.39. The number of alkyl halides is 3. The summed E-state index contributed by atoms with van der Waals surface area (Å²) >= 11 is 0. The van der Waals surface area contributed by atoms with Crippen molar-refractivity contribution in [2.24, 2.45) is 17.1 Å². The van der Waals surface area contributed by atoms with Crippen LogP contribution in [0, 0.1) is 11.3 Å². The van der Waals surface area contributed by atoms with Crippen LogP contribution in [0.25, 0.3) is 0 Å². The lowest BCUT2D eigenvalue weighted by Gasteiger charge is -2.34. The summed E-state index contributed by atoms with van der Waals surface area (Å²) in [6.45, 7) is 1.65. The molecule has 1 amide bonds. The summed E-state index contributed by atoms with van der Waals surface area (Å²) in [4.78, 5) is 13.8. The Morgan fingerprint density at radius 1 is 1.29 bits per heavy atom. The van der Waals surface area contributed by atoms with Crippen molar-refractivity contribution < 1.29 is 22.7 Å². The second kappa shape index (κ2) is 10.0. The molecule has 2 aliphatic heterocycles. The van der Waals surface area contributed by atoms with Gasteiger partial charge in [-0.1, -0.05) is 0 Å². The van der Waals surface area contributed by atoms with Crippen LogP contribution in [0.5, 0.6) is 0 Å². The number of halogens is 5. The number of nitrogens with two attached hydrogens (primary N) is 1. The van der Waals surface area contributed by atoms with E-state index in [0.717, 1.165) is 0 Å². The summed E-state index contributed by atoms with van der Waals surface area (Å²) in [7, 11) is 0. The predicted molar refractivity (Wildman–Crippen MR) is 89.6 cm³/mol. The fourth-order valence-electron chi connectivity index (χ4n) is 3.19. The number of likely N-dealkylation sites (tertiary alicyclic amines) is 1. The summed E-state index contributed by atoms with van der Waals surface area (Å²) in [5.74, 6) is -0.0199. The van der Waals surface area contributed by atoms with E-state index in [1.54, 1.807) is 0 Å². The van der Waals surface area contributed by atoms with Crippen LogP contribution in [0.1, 0.15) is 19.3 Å². The molecule has 0 bridgehead atoms. The average molecular weight is 396 g/mol. The van der Waals surface area contributed by atoms with Crippen molar-refractivity contribution in [2.75, 3.05) is 45.9 Å². The van der Waals surface area contributed by atoms with E-state index in [0.29, 0.717) is 52.1 Å². The van der Waals surface area contributed by atoms with Crippen LogP contribution in [0.15, 0.2) is 0 Å². The Morgan fingerprint density at radius 3 is 2.46 bits per heavy atom. The Kier molecular flexibility index (Phi) is 9.89. The summed E-state index contributed by atoms with van der Waals surface area (Å²) in [5.41, 5.74) is 5.18. The van der Waals surface area contributed by atoms with Crippen molar-refractivity contribution in [3.8, 4) is 0 Å². The fourth-order valence-corrected chi connectivity index (χ4v) is 3.19. The molecule has 0 aromatic carbocycles. The molecule has 0 saturated carbocycles. The molecule has 1 unspecified atom stereocenters. The Labute approximate surface area is 152 Å². The van der Waals surface area contributed by atoms with Gasteiger partial charge in [0.15, 0.2) is 0 Å². The van der Waals surface area contributed by atoms with Crippen LogP contribution in [0.3, 0.4) is 0 Å². The molecule has 2 saturated heterocycles. The summed E-state index contributed by atoms with van der Waals surface area (Å²) in [5, 5.41) is 2.89. The number of rotatable bonds is 5. The van der Waals surface area contributed by atoms with E-state index < -0.39 is 18.1 Å². The van der Waals surface area contributed by atoms with E-state index in [4.69, 9.17) is 10.5 Å². The highest BCUT2D eigenvalue weighted by molar-refractivity contribution is 5.85. The van der Waals surface area contributed by atoms with Gasteiger partial charge < -0.3 is 15.8 Å². The third kappa shape index (κ3) is 6.55. The van der Waals surface area contributed by atoms with E-state index in [9.17, 15) is 18.0 Å². The first-order chi connectivity index (χ1) is 10.3. The zero-order valence-electron chi connectivity index (χ0n) is 13.4. The maximum absolute atomic E-state index is 12.4. The van der Waals surface area contributed by atoms with E-state index >= 15 is 0 Å². The van der Waals surface area contributed by atoms with E-state index in [1.807, 2.05) is 0 Å². The maximum atomic E-state index is 12.4. The molecule has 2 fully saturated rings. The highest BCUT2D eigenvalue weighted by Crippen LogP contribution is 2.30. The Bertz CT molecular complexity index is 394. The molecule has 2 aliphatic rings. The quantitative estimate of drug-likeness (QED) is 0.741. The van der Waals surface area contributed by atoms with Crippen molar-refractivity contribution in [3.05, 3.63) is 0 Å². The summed E-state index contributed by atoms with van der Waals surface area (Å²) in [6, 6.07) is 0. The van der Waals surface area contributed by atoms with Crippen LogP contribution in [-0.2, 0) is 9.53 Å². The predicted octanol–water partition coefficient (Wildman–Crippen LogP) is 1.59. The van der Waals surface area contributed by atoms with Gasteiger partial charge in [-0.25, -0.2) is 0 Å². The van der Waals surface area contributed by atoms with Crippen LogP contribution < -0.4 is 11.1 Å². The van der Waals surface area contributed by atoms with Crippen LogP contribution in [0.4, 0.5) is 13.2 Å². The van der Waals surface area contributed by atoms with Crippen LogP contribution in [0.2, 0.25) is 0 Å². The van der Waals surface area contributed by atoms with Gasteiger partial charge in [-0.3, -0.25) is 9.69 Å². The SMILES string of the molecule is Cl.Cl.NCC1(C(=O)NCC2CCN(CC(F)(F)F)C2)CCOCC1. The maximum Gasteiger partial charge on any atom is 0.401 e. The van der Waals surface area contributed by atoms with Gasteiger partial charge in [0.2, 0.25) is 5.91 Å². The van der Waals surface area contributed by atoms with Crippen LogP contribution >= 0.6 is 24.8 Å². The van der Waals surface area contributed by atoms with Crippen molar-refractivity contribution in [3.63, 3.8) is 0 Å². The lowest BCUT2D eigenvalue weighted by molar-refractivity contribution is -0.144. The molecule has 0 radical (unpaired) electrons. The van der Waals surface area contributed by atoms with Crippen LogP contribution in [-0.4, -0.2) is 62.9 Å². The number of carbonyl (C=O) groups excluding carboxylic acids is 1. The number of amides is 1. The van der Waals surface area contributed by atoms with Crippen molar-refractivity contribution in [1.82, 2.24) is 10.2 Å². The first-order valence-electron chi connectivity index (χ1n) is 7.70. The average Bonchev–Trinajstić information content (AvgIpc) is 2.90. The number of carbonyl (C=O) groups is 1. The number of hydrogen-bond donors (Lipinski definition) is 2. The molecule has 10 heteroatoms. The Morgan fingerprint density at radius 2 is 1.92 bits per heavy atom. The van der Waals surface area contributed by atoms with Gasteiger partial charge in [-0.2, -0.15) is 13.2 Å². The van der Waals surface area contributed by atoms with Gasteiger partial charge in [0.1, 0.15) is 0 Å². The first kappa shape index (κ1) is 23.7. The fraction of sp³-hybridized carbons (Fsp3) is 0.929. The lowest BCUT2D eigenvalue weighted by atomic mass is 9.79. The largest absolute Gasteiger partial charge is 0.401 e. The van der Waals surface area contributed by atoms with Gasteiger partial charge in [-0.05, 0) is 31.7 Å². The van der Waals surface area contributed by atoms with E-state index in [-0.39, 0.29) is 43.2 Å². The van der Waals surface area contributed by atoms with Crippen molar-refractivity contribution in [1.29, 1.82) is 0 Å². The third-order valence-electron chi connectivity index (χ3n) is 4.65. The molecule has 0 spiro atoms. The molecule has 2 rings (SSSR count). The minimum Gasteiger partial charge on any atom is -0.381 e. The number of nitrogens with zero attached hydrogens (tertiary/aromatic N) is 1. The minimum absolute atomic E-state index is 0. The topological polar surface area (TPSA) is 67.6 Å². The summed E-state index contributed by atoms with van der Waals surface area (Å²) in [6.07, 6.45) is -2.29. The molecule has 24 heavy (non-hydrogen) atoms. The van der Waals surface area contributed by atoms with Crippen molar-refractivity contribution in [2.45, 2.75) is 25.4 Å². The monoisotopic (exact) mass is 395 g/mol. The van der Waals surface area contributed by atoms with Gasteiger partial charge in [0.05, 0.1) is 12.0 Å². The first-order valence-corrected chi connectivity index (χ1v) is 7.70. The molecule has 0 aliphatic carbocycles. The molecule has 0 aromatic heterocycles. The number of nitrogens with one attached hydrogen (secondary N) is 1. The van der Waals surface area contributed by atoms with E-state index in [2.05, 4.69) is 5.32 Å². The molecule has 5 nitrogen and oxygen atoms in total. The minimum atomic E-state index is -4.16. The number of hydrogen-bond acceptors (Lipinski definition) is 4. The molecule has 0 aromatic rings. The molecule has 144 valence electrons. The standard InChI is InChI=1S/C14H24F3N3O2.2ClH/c15-14(16,17)10-20-4-1-11(8-20)7-19-12(21)13(9-18)2-5-22-6-3-13;;/h11H,1-10,18H2,(H,19,21);2*1H. The van der Waals surface area contributed by atoms with Gasteiger partial charge in [0, 0.05) is 32.8 Å². The Balaban J connectivity index is 0.00000264. The second-order valence-electron chi connectivity index (χ2n) is 6.31. The molecular weight excluding hydrogens is 370 g/mol. The molecule has 2 heterocycles. The lowest BCUT2D eigenvalue weighted by Crippen LogP contribution is -2.50. The molecule has 1 atom stereocenters. The van der Waals surface area contributed by atoms with E-state index in [1.165, 1.54) is 4.90 Å². The summed E-state index contributed by atoms with van der Waals surface area (Å²) < 4.78 is 42.3. The van der Waals surface area contributed by atoms with Gasteiger partial charge in [-0.15, -0.1) is 24.8 Å². The molecular formula is C14H26Cl2F3N3O2. The normalized spacial score (nSPS) is 23.9. The third-order valence-corrected chi connectivity index (χ3v) is 4.65. The van der Waals surface area contributed by atoms with Gasteiger partial charge in [0.25, 0.3) is 0 Å².